The van der Waals surface area contributed by atoms with Crippen molar-refractivity contribution in [3.8, 4) is 6.07 Å². The molecule has 0 saturated carbocycles. The summed E-state index contributed by atoms with van der Waals surface area (Å²) in [5.74, 6) is 0. The van der Waals surface area contributed by atoms with E-state index in [0.717, 1.165) is 14.6 Å². The normalized spacial score (nSPS) is 10.0. The van der Waals surface area contributed by atoms with Crippen molar-refractivity contribution in [3.63, 3.8) is 0 Å². The van der Waals surface area contributed by atoms with E-state index in [4.69, 9.17) is 5.26 Å². The van der Waals surface area contributed by atoms with Gasteiger partial charge in [-0.3, -0.25) is 5.10 Å². The van der Waals surface area contributed by atoms with Gasteiger partial charge in [0.2, 0.25) is 0 Å². The van der Waals surface area contributed by atoms with Gasteiger partial charge in [0.25, 0.3) is 0 Å². The molecule has 1 aromatic heterocycles. The van der Waals surface area contributed by atoms with E-state index >= 15 is 0 Å². The lowest BCUT2D eigenvalue weighted by molar-refractivity contribution is 1.09. The van der Waals surface area contributed by atoms with E-state index in [1.54, 1.807) is 6.07 Å². The minimum Gasteiger partial charge on any atom is -0.271 e. The molecule has 0 fully saturated rings. The third kappa shape index (κ3) is 0.975. The van der Waals surface area contributed by atoms with Crippen molar-refractivity contribution in [2.24, 2.45) is 0 Å². The molecule has 0 aliphatic rings. The summed E-state index contributed by atoms with van der Waals surface area (Å²) >= 11 is 2.16. The van der Waals surface area contributed by atoms with E-state index in [9.17, 15) is 0 Å². The van der Waals surface area contributed by atoms with Crippen LogP contribution in [0, 0.1) is 15.0 Å². The molecule has 58 valence electrons. The molecular formula is C8H4IN3. The van der Waals surface area contributed by atoms with Crippen LogP contribution in [0.5, 0.6) is 0 Å². The Balaban J connectivity index is 2.92. The van der Waals surface area contributed by atoms with Crippen molar-refractivity contribution in [2.45, 2.75) is 0 Å². The number of benzene rings is 1. The molecule has 0 bridgehead atoms. The fraction of sp³-hybridized carbons (Fsp3) is 0. The van der Waals surface area contributed by atoms with Crippen LogP contribution in [-0.4, -0.2) is 10.2 Å². The Morgan fingerprint density at radius 3 is 3.08 bits per heavy atom. The number of fused-ring (bicyclic) bond motifs is 1. The average molecular weight is 269 g/mol. The molecule has 2 aromatic rings. The van der Waals surface area contributed by atoms with Crippen LogP contribution in [0.1, 0.15) is 5.56 Å². The number of nitrogens with zero attached hydrogens (tertiary/aromatic N) is 2. The zero-order chi connectivity index (χ0) is 8.55. The van der Waals surface area contributed by atoms with Gasteiger partial charge in [0.05, 0.1) is 5.56 Å². The van der Waals surface area contributed by atoms with Crippen LogP contribution in [0.2, 0.25) is 0 Å². The van der Waals surface area contributed by atoms with Crippen LogP contribution >= 0.6 is 22.6 Å². The molecule has 0 amide bonds. The lowest BCUT2D eigenvalue weighted by Gasteiger charge is -1.88. The Morgan fingerprint density at radius 2 is 2.33 bits per heavy atom. The van der Waals surface area contributed by atoms with Crippen molar-refractivity contribution in [1.29, 1.82) is 5.26 Å². The molecule has 4 heteroatoms. The number of rotatable bonds is 0. The highest BCUT2D eigenvalue weighted by Crippen LogP contribution is 2.19. The van der Waals surface area contributed by atoms with Crippen LogP contribution < -0.4 is 0 Å². The van der Waals surface area contributed by atoms with Crippen LogP contribution in [-0.2, 0) is 0 Å². The van der Waals surface area contributed by atoms with Crippen LogP contribution in [0.25, 0.3) is 10.9 Å². The summed E-state index contributed by atoms with van der Waals surface area (Å²) in [5.41, 5.74) is 1.37. The Labute approximate surface area is 82.5 Å². The first-order valence-electron chi connectivity index (χ1n) is 3.35. The van der Waals surface area contributed by atoms with E-state index < -0.39 is 0 Å². The first kappa shape index (κ1) is 7.55. The largest absolute Gasteiger partial charge is 0.271 e. The average Bonchev–Trinajstić information content (AvgIpc) is 2.48. The summed E-state index contributed by atoms with van der Waals surface area (Å²) in [6.45, 7) is 0. The lowest BCUT2D eigenvalue weighted by atomic mass is 10.2. The maximum atomic E-state index is 8.74. The monoisotopic (exact) mass is 269 g/mol. The SMILES string of the molecule is N#Cc1cccc2c(I)[nH]nc12. The Bertz CT molecular complexity index is 467. The molecule has 0 radical (unpaired) electrons. The zero-order valence-corrected chi connectivity index (χ0v) is 8.16. The molecule has 2 rings (SSSR count). The molecule has 3 nitrogen and oxygen atoms in total. The van der Waals surface area contributed by atoms with Gasteiger partial charge in [0.15, 0.2) is 0 Å². The predicted molar refractivity (Wildman–Crippen MR) is 53.5 cm³/mol. The molecule has 1 aromatic carbocycles. The second-order valence-electron chi connectivity index (χ2n) is 2.35. The van der Waals surface area contributed by atoms with Crippen molar-refractivity contribution < 1.29 is 0 Å². The first-order valence-corrected chi connectivity index (χ1v) is 4.43. The van der Waals surface area contributed by atoms with Gasteiger partial charge < -0.3 is 0 Å². The van der Waals surface area contributed by atoms with Gasteiger partial charge in [-0.2, -0.15) is 10.4 Å². The van der Waals surface area contributed by atoms with Crippen molar-refractivity contribution in [2.75, 3.05) is 0 Å². The summed E-state index contributed by atoms with van der Waals surface area (Å²) in [6.07, 6.45) is 0. The van der Waals surface area contributed by atoms with Gasteiger partial charge in [-0.1, -0.05) is 12.1 Å². The Hall–Kier alpha value is -1.09. The van der Waals surface area contributed by atoms with E-state index in [2.05, 4.69) is 38.9 Å². The first-order chi connectivity index (χ1) is 5.83. The molecule has 0 atom stereocenters. The Morgan fingerprint density at radius 1 is 1.50 bits per heavy atom. The van der Waals surface area contributed by atoms with Crippen LogP contribution in [0.3, 0.4) is 0 Å². The number of nitriles is 1. The highest BCUT2D eigenvalue weighted by molar-refractivity contribution is 14.1. The zero-order valence-electron chi connectivity index (χ0n) is 6.00. The van der Waals surface area contributed by atoms with Gasteiger partial charge in [-0.25, -0.2) is 0 Å². The smallest absolute Gasteiger partial charge is 0.111 e. The molecule has 0 spiro atoms. The summed E-state index contributed by atoms with van der Waals surface area (Å²) < 4.78 is 0.972. The summed E-state index contributed by atoms with van der Waals surface area (Å²) in [5, 5.41) is 16.6. The maximum Gasteiger partial charge on any atom is 0.111 e. The molecule has 1 heterocycles. The van der Waals surface area contributed by atoms with E-state index in [1.165, 1.54) is 0 Å². The molecule has 1 N–H and O–H groups in total. The van der Waals surface area contributed by atoms with Gasteiger partial charge in [-0.05, 0) is 28.7 Å². The number of nitrogens with one attached hydrogen (secondary N) is 1. The quantitative estimate of drug-likeness (QED) is 0.744. The van der Waals surface area contributed by atoms with Crippen molar-refractivity contribution in [1.82, 2.24) is 10.2 Å². The van der Waals surface area contributed by atoms with Gasteiger partial charge in [0, 0.05) is 5.39 Å². The number of aromatic amines is 1. The van der Waals surface area contributed by atoms with Gasteiger partial charge in [-0.15, -0.1) is 0 Å². The molecule has 0 aliphatic carbocycles. The lowest BCUT2D eigenvalue weighted by Crippen LogP contribution is -1.76. The fourth-order valence-electron chi connectivity index (χ4n) is 1.10. The number of para-hydroxylation sites is 1. The van der Waals surface area contributed by atoms with Gasteiger partial charge >= 0.3 is 0 Å². The van der Waals surface area contributed by atoms with Gasteiger partial charge in [0.1, 0.15) is 15.3 Å². The molecule has 0 unspecified atom stereocenters. The van der Waals surface area contributed by atoms with E-state index in [-0.39, 0.29) is 0 Å². The number of hydrogen-bond acceptors (Lipinski definition) is 2. The standard InChI is InChI=1S/C8H4IN3/c9-8-6-3-1-2-5(4-10)7(6)11-12-8/h1-3H,(H,11,12). The number of H-pyrrole nitrogens is 1. The number of aromatic nitrogens is 2. The number of halogens is 1. The summed E-state index contributed by atoms with van der Waals surface area (Å²) in [7, 11) is 0. The fourth-order valence-corrected chi connectivity index (χ4v) is 1.65. The topological polar surface area (TPSA) is 52.5 Å². The highest BCUT2D eigenvalue weighted by Gasteiger charge is 2.05. The number of hydrogen-bond donors (Lipinski definition) is 1. The predicted octanol–water partition coefficient (Wildman–Crippen LogP) is 2.04. The minimum absolute atomic E-state index is 0.617. The maximum absolute atomic E-state index is 8.74. The van der Waals surface area contributed by atoms with Crippen molar-refractivity contribution >= 4 is 33.5 Å². The minimum atomic E-state index is 0.617. The Kier molecular flexibility index (Phi) is 1.73. The molecule has 12 heavy (non-hydrogen) atoms. The summed E-state index contributed by atoms with van der Waals surface area (Å²) in [6, 6.07) is 7.67. The highest BCUT2D eigenvalue weighted by atomic mass is 127. The molecule has 0 saturated heterocycles. The van der Waals surface area contributed by atoms with Crippen LogP contribution in [0.15, 0.2) is 18.2 Å². The van der Waals surface area contributed by atoms with E-state index in [1.807, 2.05) is 12.1 Å². The van der Waals surface area contributed by atoms with Crippen LogP contribution in [0.4, 0.5) is 0 Å². The molecular weight excluding hydrogens is 265 g/mol. The van der Waals surface area contributed by atoms with Crippen molar-refractivity contribution in [3.05, 3.63) is 27.5 Å². The summed E-state index contributed by atoms with van der Waals surface area (Å²) in [4.78, 5) is 0. The molecule has 0 aliphatic heterocycles. The second-order valence-corrected chi connectivity index (χ2v) is 3.43. The third-order valence-corrected chi connectivity index (χ3v) is 2.48. The van der Waals surface area contributed by atoms with E-state index in [0.29, 0.717) is 5.56 Å². The third-order valence-electron chi connectivity index (χ3n) is 1.66. The second kappa shape index (κ2) is 2.75.